The Balaban J connectivity index is 1.56. The molecular formula is C22H22F4N4O3. The highest BCUT2D eigenvalue weighted by Crippen LogP contribution is 2.29. The van der Waals surface area contributed by atoms with Gasteiger partial charge in [-0.25, -0.2) is 9.49 Å². The second kappa shape index (κ2) is 8.60. The molecule has 0 radical (unpaired) electrons. The van der Waals surface area contributed by atoms with E-state index < -0.39 is 29.0 Å². The largest absolute Gasteiger partial charge is 0.421 e. The van der Waals surface area contributed by atoms with E-state index in [1.165, 1.54) is 17.0 Å². The average Bonchev–Trinajstić information content (AvgIpc) is 2.75. The van der Waals surface area contributed by atoms with Crippen LogP contribution in [0.4, 0.5) is 17.6 Å². The summed E-state index contributed by atoms with van der Waals surface area (Å²) in [5, 5.41) is 5.43. The van der Waals surface area contributed by atoms with Gasteiger partial charge in [-0.1, -0.05) is 6.07 Å². The molecular weight excluding hydrogens is 444 g/mol. The molecule has 3 heterocycles. The fourth-order valence-electron chi connectivity index (χ4n) is 4.61. The highest BCUT2D eigenvalue weighted by Gasteiger charge is 2.39. The van der Waals surface area contributed by atoms with Gasteiger partial charge in [-0.2, -0.15) is 18.3 Å². The van der Waals surface area contributed by atoms with Gasteiger partial charge in [0.2, 0.25) is 5.91 Å². The van der Waals surface area contributed by atoms with Crippen molar-refractivity contribution < 1.29 is 27.2 Å². The molecule has 176 valence electrons. The summed E-state index contributed by atoms with van der Waals surface area (Å²) in [6.45, 7) is 2.12. The molecule has 1 aromatic heterocycles. The first-order chi connectivity index (χ1) is 15.5. The van der Waals surface area contributed by atoms with E-state index in [9.17, 15) is 31.9 Å². The van der Waals surface area contributed by atoms with Crippen LogP contribution in [0.25, 0.3) is 0 Å². The van der Waals surface area contributed by atoms with Crippen LogP contribution in [0.15, 0.2) is 29.1 Å². The Morgan fingerprint density at radius 1 is 1.21 bits per heavy atom. The summed E-state index contributed by atoms with van der Waals surface area (Å²) in [6, 6.07) is 4.25. The fraction of sp³-hybridized carbons (Fsp3) is 0.455. The van der Waals surface area contributed by atoms with Crippen molar-refractivity contribution in [2.75, 3.05) is 13.1 Å². The van der Waals surface area contributed by atoms with Crippen LogP contribution in [0.3, 0.4) is 0 Å². The van der Waals surface area contributed by atoms with Crippen LogP contribution in [0.1, 0.15) is 53.4 Å². The number of hydrogen-bond donors (Lipinski definition) is 1. The highest BCUT2D eigenvalue weighted by atomic mass is 19.4. The smallest absolute Gasteiger partial charge is 0.334 e. The third kappa shape index (κ3) is 4.62. The molecule has 2 aliphatic rings. The number of carbonyl (C=O) groups excluding carboxylic acids is 2. The molecule has 2 saturated heterocycles. The third-order valence-electron chi connectivity index (χ3n) is 6.17. The van der Waals surface area contributed by atoms with E-state index in [0.29, 0.717) is 18.2 Å². The lowest BCUT2D eigenvalue weighted by Crippen LogP contribution is -2.61. The molecule has 2 aromatic rings. The molecule has 0 spiro atoms. The van der Waals surface area contributed by atoms with Crippen molar-refractivity contribution >= 4 is 11.8 Å². The summed E-state index contributed by atoms with van der Waals surface area (Å²) in [5.74, 6) is -1.62. The van der Waals surface area contributed by atoms with Gasteiger partial charge in [-0.3, -0.25) is 14.4 Å². The number of rotatable bonds is 3. The molecule has 2 amide bonds. The topological polar surface area (TPSA) is 86.4 Å². The first-order valence-electron chi connectivity index (χ1n) is 10.6. The Morgan fingerprint density at radius 2 is 1.97 bits per heavy atom. The third-order valence-corrected chi connectivity index (χ3v) is 6.17. The molecule has 4 rings (SSSR count). The number of hydrogen-bond acceptors (Lipinski definition) is 4. The summed E-state index contributed by atoms with van der Waals surface area (Å²) >= 11 is 0. The number of nitrogens with one attached hydrogen (secondary N) is 1. The molecule has 2 aliphatic heterocycles. The maximum Gasteiger partial charge on any atom is 0.421 e. The molecule has 0 bridgehead atoms. The molecule has 2 fully saturated rings. The lowest BCUT2D eigenvalue weighted by atomic mass is 9.93. The van der Waals surface area contributed by atoms with E-state index in [-0.39, 0.29) is 42.2 Å². The van der Waals surface area contributed by atoms with E-state index in [0.717, 1.165) is 25.3 Å². The number of aromatic nitrogens is 2. The van der Waals surface area contributed by atoms with Crippen LogP contribution in [0.2, 0.25) is 0 Å². The zero-order valence-electron chi connectivity index (χ0n) is 17.8. The molecule has 1 N–H and O–H groups in total. The minimum Gasteiger partial charge on any atom is -0.334 e. The van der Waals surface area contributed by atoms with Crippen LogP contribution in [-0.4, -0.2) is 57.0 Å². The van der Waals surface area contributed by atoms with Crippen LogP contribution < -0.4 is 5.56 Å². The number of halogens is 4. The Bertz CT molecular complexity index is 1150. The van der Waals surface area contributed by atoms with Gasteiger partial charge in [0, 0.05) is 25.0 Å². The quantitative estimate of drug-likeness (QED) is 0.705. The lowest BCUT2D eigenvalue weighted by molar-refractivity contribution is -0.143. The van der Waals surface area contributed by atoms with Crippen molar-refractivity contribution in [3.05, 3.63) is 62.8 Å². The zero-order chi connectivity index (χ0) is 23.9. The first-order valence-corrected chi connectivity index (χ1v) is 10.6. The van der Waals surface area contributed by atoms with E-state index in [4.69, 9.17) is 0 Å². The van der Waals surface area contributed by atoms with Gasteiger partial charge in [0.15, 0.2) is 0 Å². The Morgan fingerprint density at radius 3 is 2.70 bits per heavy atom. The summed E-state index contributed by atoms with van der Waals surface area (Å²) in [6.07, 6.45) is -2.40. The molecule has 33 heavy (non-hydrogen) atoms. The number of amides is 2. The van der Waals surface area contributed by atoms with Crippen molar-refractivity contribution in [3.8, 4) is 0 Å². The van der Waals surface area contributed by atoms with Crippen molar-refractivity contribution in [2.24, 2.45) is 0 Å². The van der Waals surface area contributed by atoms with Gasteiger partial charge in [0.05, 0.1) is 11.3 Å². The lowest BCUT2D eigenvalue weighted by Gasteiger charge is -2.47. The number of aromatic amines is 1. The van der Waals surface area contributed by atoms with Crippen LogP contribution >= 0.6 is 0 Å². The second-order valence-electron chi connectivity index (χ2n) is 8.51. The minimum atomic E-state index is -4.85. The number of nitrogens with zero attached hydrogens (tertiary/aromatic N) is 3. The summed E-state index contributed by atoms with van der Waals surface area (Å²) < 4.78 is 53.5. The molecule has 0 saturated carbocycles. The average molecular weight is 466 g/mol. The number of fused-ring (bicyclic) bond motifs is 1. The zero-order valence-corrected chi connectivity index (χ0v) is 17.8. The second-order valence-corrected chi connectivity index (χ2v) is 8.51. The van der Waals surface area contributed by atoms with E-state index in [1.54, 1.807) is 4.90 Å². The van der Waals surface area contributed by atoms with E-state index in [1.807, 2.05) is 12.0 Å². The van der Waals surface area contributed by atoms with Crippen molar-refractivity contribution in [1.82, 2.24) is 20.0 Å². The van der Waals surface area contributed by atoms with Gasteiger partial charge in [-0.05, 0) is 49.9 Å². The molecule has 11 heteroatoms. The number of benzene rings is 1. The van der Waals surface area contributed by atoms with Gasteiger partial charge < -0.3 is 9.80 Å². The summed E-state index contributed by atoms with van der Waals surface area (Å²) in [4.78, 5) is 40.2. The maximum absolute atomic E-state index is 14.5. The van der Waals surface area contributed by atoms with Gasteiger partial charge in [0.25, 0.3) is 11.5 Å². The maximum atomic E-state index is 14.5. The van der Waals surface area contributed by atoms with Crippen molar-refractivity contribution in [1.29, 1.82) is 0 Å². The Hall–Kier alpha value is -3.24. The van der Waals surface area contributed by atoms with E-state index in [2.05, 4.69) is 5.10 Å². The number of carbonyl (C=O) groups is 2. The molecule has 0 aliphatic carbocycles. The van der Waals surface area contributed by atoms with Gasteiger partial charge >= 0.3 is 6.18 Å². The number of H-pyrrole nitrogens is 1. The predicted molar refractivity (Wildman–Crippen MR) is 109 cm³/mol. The molecule has 2 unspecified atom stereocenters. The monoisotopic (exact) mass is 466 g/mol. The number of piperazine rings is 1. The number of alkyl halides is 3. The Labute approximate surface area is 186 Å². The SMILES string of the molecule is CC1CCCC2CN(C(=O)c3cc(Cc4cc(C(F)(F)F)c(=O)[nH]n4)ccc3F)CC(=O)N12. The standard InChI is InChI=1S/C22H22F4N4O3/c1-12-3-2-4-15-10-29(11-19(31)30(12)15)21(33)16-8-13(5-6-18(16)23)7-14-9-17(22(24,25)26)20(32)28-27-14/h5-6,8-9,12,15H,2-4,7,10-11H2,1H3,(H,28,32). The van der Waals surface area contributed by atoms with Crippen molar-refractivity contribution in [2.45, 2.75) is 50.9 Å². The fourth-order valence-corrected chi connectivity index (χ4v) is 4.61. The highest BCUT2D eigenvalue weighted by molar-refractivity contribution is 5.97. The minimum absolute atomic E-state index is 0.0908. The molecule has 1 aromatic carbocycles. The summed E-state index contributed by atoms with van der Waals surface area (Å²) in [7, 11) is 0. The van der Waals surface area contributed by atoms with Gasteiger partial charge in [0.1, 0.15) is 17.9 Å². The predicted octanol–water partition coefficient (Wildman–Crippen LogP) is 2.74. The van der Waals surface area contributed by atoms with Crippen LogP contribution in [0, 0.1) is 5.82 Å². The van der Waals surface area contributed by atoms with Crippen LogP contribution in [0.5, 0.6) is 0 Å². The Kier molecular flexibility index (Phi) is 5.98. The normalized spacial score (nSPS) is 21.2. The van der Waals surface area contributed by atoms with Crippen molar-refractivity contribution in [3.63, 3.8) is 0 Å². The van der Waals surface area contributed by atoms with Crippen LogP contribution in [-0.2, 0) is 17.4 Å². The number of piperidine rings is 1. The summed E-state index contributed by atoms with van der Waals surface area (Å²) in [5.41, 5.74) is -2.76. The molecule has 7 nitrogen and oxygen atoms in total. The van der Waals surface area contributed by atoms with Gasteiger partial charge in [-0.15, -0.1) is 0 Å². The first kappa shape index (κ1) is 22.9. The molecule has 2 atom stereocenters. The van der Waals surface area contributed by atoms with E-state index >= 15 is 0 Å².